The first-order chi connectivity index (χ1) is 12.0. The van der Waals surface area contributed by atoms with Gasteiger partial charge in [-0.15, -0.1) is 11.8 Å². The van der Waals surface area contributed by atoms with Crippen LogP contribution in [-0.4, -0.2) is 30.2 Å². The first-order valence-corrected chi connectivity index (χ1v) is 9.21. The quantitative estimate of drug-likeness (QED) is 0.450. The van der Waals surface area contributed by atoms with Gasteiger partial charge < -0.3 is 10.2 Å². The topological polar surface area (TPSA) is 75.5 Å². The van der Waals surface area contributed by atoms with E-state index in [4.69, 9.17) is 0 Å². The highest BCUT2D eigenvalue weighted by Gasteiger charge is 2.20. The maximum absolute atomic E-state index is 12.5. The fraction of sp³-hybridized carbons (Fsp3) is 0.278. The Morgan fingerprint density at radius 1 is 1.16 bits per heavy atom. The molecule has 132 valence electrons. The van der Waals surface area contributed by atoms with Crippen molar-refractivity contribution in [1.82, 2.24) is 0 Å². The minimum absolute atomic E-state index is 0.0599. The van der Waals surface area contributed by atoms with Crippen molar-refractivity contribution in [1.29, 1.82) is 0 Å². The third-order valence-electron chi connectivity index (χ3n) is 3.90. The number of nitro groups is 1. The Morgan fingerprint density at radius 3 is 2.32 bits per heavy atom. The molecule has 2 aromatic carbocycles. The summed E-state index contributed by atoms with van der Waals surface area (Å²) in [6.07, 6.45) is 1.86. The molecule has 0 aliphatic rings. The Labute approximate surface area is 151 Å². The molecule has 0 fully saturated rings. The zero-order valence-electron chi connectivity index (χ0n) is 14.5. The number of anilines is 2. The van der Waals surface area contributed by atoms with Crippen LogP contribution in [0, 0.1) is 10.1 Å². The van der Waals surface area contributed by atoms with E-state index >= 15 is 0 Å². The van der Waals surface area contributed by atoms with Gasteiger partial charge in [-0.05, 0) is 56.5 Å². The number of carbonyl (C=O) groups is 1. The fourth-order valence-electron chi connectivity index (χ4n) is 2.53. The summed E-state index contributed by atoms with van der Waals surface area (Å²) < 4.78 is 0. The zero-order valence-corrected chi connectivity index (χ0v) is 15.3. The average molecular weight is 359 g/mol. The van der Waals surface area contributed by atoms with E-state index in [9.17, 15) is 14.9 Å². The van der Waals surface area contributed by atoms with E-state index in [-0.39, 0.29) is 11.3 Å². The summed E-state index contributed by atoms with van der Waals surface area (Å²) in [5.74, 6) is -0.488. The molecule has 0 unspecified atom stereocenters. The van der Waals surface area contributed by atoms with E-state index < -0.39 is 10.8 Å². The molecule has 0 radical (unpaired) electrons. The molecule has 1 N–H and O–H groups in total. The van der Waals surface area contributed by atoms with Gasteiger partial charge in [-0.2, -0.15) is 0 Å². The maximum Gasteiger partial charge on any atom is 0.282 e. The number of nitrogens with zero attached hydrogens (tertiary/aromatic N) is 2. The molecule has 6 nitrogen and oxygen atoms in total. The first-order valence-electron chi connectivity index (χ1n) is 7.98. The van der Waals surface area contributed by atoms with E-state index in [1.807, 2.05) is 18.4 Å². The highest BCUT2D eigenvalue weighted by atomic mass is 32.2. The molecule has 25 heavy (non-hydrogen) atoms. The number of carbonyl (C=O) groups excluding carboxylic acids is 1. The van der Waals surface area contributed by atoms with Gasteiger partial charge in [0.05, 0.1) is 4.92 Å². The first kappa shape index (κ1) is 18.8. The van der Waals surface area contributed by atoms with E-state index in [0.717, 1.165) is 23.7 Å². The fourth-order valence-corrected chi connectivity index (χ4v) is 2.97. The van der Waals surface area contributed by atoms with Crippen LogP contribution in [0.25, 0.3) is 0 Å². The Hall–Kier alpha value is -2.54. The number of thioether (sulfide) groups is 1. The highest BCUT2D eigenvalue weighted by Crippen LogP contribution is 2.26. The lowest BCUT2D eigenvalue weighted by molar-refractivity contribution is -0.385. The van der Waals surface area contributed by atoms with Gasteiger partial charge in [-0.3, -0.25) is 14.9 Å². The molecule has 2 rings (SSSR count). The number of hydrogen-bond acceptors (Lipinski definition) is 5. The molecule has 1 amide bonds. The number of benzene rings is 2. The van der Waals surface area contributed by atoms with Gasteiger partial charge in [0.2, 0.25) is 0 Å². The highest BCUT2D eigenvalue weighted by molar-refractivity contribution is 7.98. The predicted molar refractivity (Wildman–Crippen MR) is 103 cm³/mol. The van der Waals surface area contributed by atoms with Gasteiger partial charge in [-0.1, -0.05) is 0 Å². The standard InChI is InChI=1S/C18H21N3O3S/c1-4-20(5-2)14-8-6-13(7-9-14)19-18(22)16-12-15(25-3)10-11-17(16)21(23)24/h6-12H,4-5H2,1-3H3,(H,19,22). The SMILES string of the molecule is CCN(CC)c1ccc(NC(=O)c2cc(SC)ccc2[N+](=O)[O-])cc1. The van der Waals surface area contributed by atoms with Crippen LogP contribution in [0.1, 0.15) is 24.2 Å². The number of hydrogen-bond donors (Lipinski definition) is 1. The Kier molecular flexibility index (Phi) is 6.41. The van der Waals surface area contributed by atoms with Gasteiger partial charge >= 0.3 is 0 Å². The average Bonchev–Trinajstić information content (AvgIpc) is 2.63. The number of rotatable bonds is 7. The van der Waals surface area contributed by atoms with Crippen molar-refractivity contribution in [2.45, 2.75) is 18.7 Å². The summed E-state index contributed by atoms with van der Waals surface area (Å²) in [6.45, 7) is 5.96. The molecule has 7 heteroatoms. The van der Waals surface area contributed by atoms with E-state index in [0.29, 0.717) is 5.69 Å². The normalized spacial score (nSPS) is 10.4. The molecule has 0 atom stereocenters. The van der Waals surface area contributed by atoms with Crippen LogP contribution in [-0.2, 0) is 0 Å². The molecular weight excluding hydrogens is 338 g/mol. The van der Waals surface area contributed by atoms with Crippen LogP contribution in [0.5, 0.6) is 0 Å². The molecule has 0 saturated heterocycles. The second-order valence-corrected chi connectivity index (χ2v) is 6.19. The minimum Gasteiger partial charge on any atom is -0.372 e. The van der Waals surface area contributed by atoms with Crippen molar-refractivity contribution in [3.8, 4) is 0 Å². The predicted octanol–water partition coefficient (Wildman–Crippen LogP) is 4.42. The lowest BCUT2D eigenvalue weighted by Gasteiger charge is -2.21. The largest absolute Gasteiger partial charge is 0.372 e. The molecule has 0 heterocycles. The van der Waals surface area contributed by atoms with Crippen LogP contribution in [0.4, 0.5) is 17.1 Å². The van der Waals surface area contributed by atoms with Crippen LogP contribution >= 0.6 is 11.8 Å². The third-order valence-corrected chi connectivity index (χ3v) is 4.62. The molecule has 0 aliphatic heterocycles. The lowest BCUT2D eigenvalue weighted by Crippen LogP contribution is -2.21. The van der Waals surface area contributed by atoms with Crippen molar-refractivity contribution in [2.24, 2.45) is 0 Å². The summed E-state index contributed by atoms with van der Waals surface area (Å²) in [5, 5.41) is 13.9. The molecule has 0 aromatic heterocycles. The summed E-state index contributed by atoms with van der Waals surface area (Å²) >= 11 is 1.43. The lowest BCUT2D eigenvalue weighted by atomic mass is 10.1. The number of nitro benzene ring substituents is 1. The third kappa shape index (κ3) is 4.51. The van der Waals surface area contributed by atoms with Crippen molar-refractivity contribution in [3.63, 3.8) is 0 Å². The molecule has 0 spiro atoms. The minimum atomic E-state index is -0.539. The molecule has 0 aliphatic carbocycles. The Bertz CT molecular complexity index is 759. The van der Waals surface area contributed by atoms with Gasteiger partial charge in [0, 0.05) is 35.4 Å². The molecule has 0 saturated carbocycles. The number of nitrogens with one attached hydrogen (secondary N) is 1. The van der Waals surface area contributed by atoms with Crippen LogP contribution in [0.15, 0.2) is 47.4 Å². The van der Waals surface area contributed by atoms with E-state index in [1.54, 1.807) is 24.3 Å². The summed E-state index contributed by atoms with van der Waals surface area (Å²) in [7, 11) is 0. The van der Waals surface area contributed by atoms with Crippen molar-refractivity contribution < 1.29 is 9.72 Å². The van der Waals surface area contributed by atoms with E-state index in [1.165, 1.54) is 17.8 Å². The summed E-state index contributed by atoms with van der Waals surface area (Å²) in [6, 6.07) is 12.0. The van der Waals surface area contributed by atoms with Gasteiger partial charge in [0.25, 0.3) is 11.6 Å². The van der Waals surface area contributed by atoms with Crippen molar-refractivity contribution >= 4 is 34.7 Å². The van der Waals surface area contributed by atoms with Crippen molar-refractivity contribution in [3.05, 3.63) is 58.1 Å². The monoisotopic (exact) mass is 359 g/mol. The van der Waals surface area contributed by atoms with Gasteiger partial charge in [-0.25, -0.2) is 0 Å². The van der Waals surface area contributed by atoms with Crippen LogP contribution < -0.4 is 10.2 Å². The zero-order chi connectivity index (χ0) is 18.4. The van der Waals surface area contributed by atoms with Gasteiger partial charge in [0.1, 0.15) is 5.56 Å². The molecular formula is C18H21N3O3S. The van der Waals surface area contributed by atoms with Crippen molar-refractivity contribution in [2.75, 3.05) is 29.6 Å². The van der Waals surface area contributed by atoms with E-state index in [2.05, 4.69) is 24.1 Å². The Balaban J connectivity index is 2.23. The molecule has 2 aromatic rings. The number of amides is 1. The smallest absolute Gasteiger partial charge is 0.282 e. The van der Waals surface area contributed by atoms with Crippen LogP contribution in [0.2, 0.25) is 0 Å². The Morgan fingerprint density at radius 2 is 1.80 bits per heavy atom. The van der Waals surface area contributed by atoms with Crippen LogP contribution in [0.3, 0.4) is 0 Å². The maximum atomic E-state index is 12.5. The van der Waals surface area contributed by atoms with Gasteiger partial charge in [0.15, 0.2) is 0 Å². The summed E-state index contributed by atoms with van der Waals surface area (Å²) in [5.41, 5.74) is 1.53. The molecule has 0 bridgehead atoms. The second kappa shape index (κ2) is 8.53. The summed E-state index contributed by atoms with van der Waals surface area (Å²) in [4.78, 5) is 26.1. The second-order valence-electron chi connectivity index (χ2n) is 5.31.